The molecule has 1 aliphatic rings. The third kappa shape index (κ3) is 5.49. The average Bonchev–Trinajstić information content (AvgIpc) is 3.34. The quantitative estimate of drug-likeness (QED) is 0.282. The van der Waals surface area contributed by atoms with Gasteiger partial charge in [-0.2, -0.15) is 5.10 Å². The van der Waals surface area contributed by atoms with Crippen LogP contribution in [0.4, 0.5) is 5.69 Å². The summed E-state index contributed by atoms with van der Waals surface area (Å²) in [7, 11) is 0. The minimum atomic E-state index is -0.583. The van der Waals surface area contributed by atoms with E-state index in [1.165, 1.54) is 0 Å². The van der Waals surface area contributed by atoms with Crippen molar-refractivity contribution in [2.75, 3.05) is 31.2 Å². The Balaban J connectivity index is 1.45. The van der Waals surface area contributed by atoms with E-state index in [1.54, 1.807) is 24.4 Å². The molecule has 4 heterocycles. The van der Waals surface area contributed by atoms with Gasteiger partial charge in [0.1, 0.15) is 17.0 Å². The number of fused-ring (bicyclic) bond motifs is 2. The topological polar surface area (TPSA) is 102 Å². The lowest BCUT2D eigenvalue weighted by molar-refractivity contribution is 0.00695. The molecule has 1 fully saturated rings. The van der Waals surface area contributed by atoms with Gasteiger partial charge in [-0.25, -0.2) is 19.3 Å². The largest absolute Gasteiger partial charge is 0.507 e. The maximum absolute atomic E-state index is 12.6. The number of pyridine rings is 1. The van der Waals surface area contributed by atoms with E-state index in [0.29, 0.717) is 41.1 Å². The second-order valence-electron chi connectivity index (χ2n) is 10.9. The smallest absolute Gasteiger partial charge is 0.338 e. The fraction of sp³-hybridized carbons (Fsp3) is 0.250. The van der Waals surface area contributed by atoms with E-state index in [9.17, 15) is 9.90 Å². The Hall–Kier alpha value is -4.76. The summed E-state index contributed by atoms with van der Waals surface area (Å²) in [6.45, 7) is 8.36. The second kappa shape index (κ2) is 10.7. The number of esters is 1. The molecular weight excluding hydrogens is 518 g/mol. The Kier molecular flexibility index (Phi) is 6.88. The third-order valence-corrected chi connectivity index (χ3v) is 6.80. The number of morpholine rings is 1. The van der Waals surface area contributed by atoms with Crippen molar-refractivity contribution in [2.24, 2.45) is 0 Å². The van der Waals surface area contributed by atoms with Crippen molar-refractivity contribution in [3.8, 4) is 17.0 Å². The number of carbonyl (C=O) groups is 1. The summed E-state index contributed by atoms with van der Waals surface area (Å²) in [4.78, 5) is 24.6. The SMILES string of the molecule is CC(C)(C)OC(=O)c1ccc(-c2c(/C=C/c3cc(O)c4ccccc4n3)nc3c(N4CCOCC4)ccnn23)cc1. The summed E-state index contributed by atoms with van der Waals surface area (Å²) in [6.07, 6.45) is 5.49. The predicted octanol–water partition coefficient (Wildman–Crippen LogP) is 5.61. The zero-order valence-corrected chi connectivity index (χ0v) is 23.2. The van der Waals surface area contributed by atoms with Crippen LogP contribution >= 0.6 is 0 Å². The van der Waals surface area contributed by atoms with E-state index >= 15 is 0 Å². The number of nitrogens with zero attached hydrogens (tertiary/aromatic N) is 5. The Morgan fingerprint density at radius 2 is 1.76 bits per heavy atom. The van der Waals surface area contributed by atoms with Crippen LogP contribution in [0.15, 0.2) is 66.9 Å². The van der Waals surface area contributed by atoms with E-state index in [1.807, 2.05) is 79.9 Å². The van der Waals surface area contributed by atoms with E-state index in [-0.39, 0.29) is 11.7 Å². The number of anilines is 1. The van der Waals surface area contributed by atoms with Crippen LogP contribution < -0.4 is 4.90 Å². The molecule has 0 bridgehead atoms. The van der Waals surface area contributed by atoms with Crippen molar-refractivity contribution in [1.29, 1.82) is 0 Å². The molecule has 9 nitrogen and oxygen atoms in total. The van der Waals surface area contributed by atoms with Gasteiger partial charge >= 0.3 is 5.97 Å². The van der Waals surface area contributed by atoms with Gasteiger partial charge in [-0.3, -0.25) is 0 Å². The van der Waals surface area contributed by atoms with Gasteiger partial charge in [0.05, 0.1) is 47.6 Å². The number of carbonyl (C=O) groups excluding carboxylic acids is 1. The van der Waals surface area contributed by atoms with E-state index in [2.05, 4.69) is 15.0 Å². The molecule has 1 saturated heterocycles. The average molecular weight is 550 g/mol. The van der Waals surface area contributed by atoms with E-state index < -0.39 is 5.60 Å². The van der Waals surface area contributed by atoms with Crippen LogP contribution in [-0.4, -0.2) is 62.6 Å². The number of imidazole rings is 1. The van der Waals surface area contributed by atoms with Crippen molar-refractivity contribution in [3.05, 3.63) is 83.8 Å². The highest BCUT2D eigenvalue weighted by atomic mass is 16.6. The second-order valence-corrected chi connectivity index (χ2v) is 10.9. The highest BCUT2D eigenvalue weighted by molar-refractivity contribution is 5.91. The van der Waals surface area contributed by atoms with Crippen LogP contribution in [-0.2, 0) is 9.47 Å². The summed E-state index contributed by atoms with van der Waals surface area (Å²) in [5, 5.41) is 15.9. The molecule has 3 aromatic heterocycles. The van der Waals surface area contributed by atoms with Gasteiger partial charge in [-0.05, 0) is 63.3 Å². The molecule has 2 aromatic carbocycles. The number of ether oxygens (including phenoxy) is 2. The van der Waals surface area contributed by atoms with Crippen molar-refractivity contribution < 1.29 is 19.4 Å². The summed E-state index contributed by atoms with van der Waals surface area (Å²) >= 11 is 0. The van der Waals surface area contributed by atoms with Gasteiger partial charge in [0.2, 0.25) is 0 Å². The molecule has 6 rings (SSSR count). The molecule has 0 radical (unpaired) electrons. The number of hydrogen-bond donors (Lipinski definition) is 1. The van der Waals surface area contributed by atoms with Crippen LogP contribution in [0, 0.1) is 0 Å². The summed E-state index contributed by atoms with van der Waals surface area (Å²) in [5.41, 5.74) is 5.16. The third-order valence-electron chi connectivity index (χ3n) is 6.80. The highest BCUT2D eigenvalue weighted by Gasteiger charge is 2.22. The molecule has 0 saturated carbocycles. The lowest BCUT2D eigenvalue weighted by Crippen LogP contribution is -2.36. The zero-order chi connectivity index (χ0) is 28.6. The monoisotopic (exact) mass is 549 g/mol. The van der Waals surface area contributed by atoms with Gasteiger partial charge in [0.25, 0.3) is 0 Å². The maximum atomic E-state index is 12.6. The van der Waals surface area contributed by atoms with Crippen LogP contribution in [0.2, 0.25) is 0 Å². The number of hydrogen-bond acceptors (Lipinski definition) is 8. The molecule has 0 unspecified atom stereocenters. The number of para-hydroxylation sites is 1. The minimum absolute atomic E-state index is 0.166. The molecule has 0 atom stereocenters. The summed E-state index contributed by atoms with van der Waals surface area (Å²) in [5.74, 6) is -0.211. The first-order valence-corrected chi connectivity index (χ1v) is 13.6. The first-order valence-electron chi connectivity index (χ1n) is 13.6. The summed E-state index contributed by atoms with van der Waals surface area (Å²) in [6, 6.07) is 18.3. The first-order chi connectivity index (χ1) is 19.8. The van der Waals surface area contributed by atoms with Gasteiger partial charge in [-0.1, -0.05) is 24.3 Å². The Labute approximate surface area is 237 Å². The molecule has 0 aliphatic carbocycles. The fourth-order valence-electron chi connectivity index (χ4n) is 4.92. The van der Waals surface area contributed by atoms with Crippen molar-refractivity contribution >= 4 is 40.4 Å². The molecule has 0 amide bonds. The first kappa shape index (κ1) is 26.5. The standard InChI is InChI=1S/C32H31N5O4/c1-32(2,3)41-31(39)22-10-8-21(9-11-22)29-26(13-12-23-20-28(38)24-6-4-5-7-25(24)34-23)35-30-27(14-15-33-37(29)30)36-16-18-40-19-17-36/h4-15,20H,16-19H2,1-3H3,(H,34,38)/b13-12+. The van der Waals surface area contributed by atoms with Crippen LogP contribution in [0.5, 0.6) is 5.75 Å². The normalized spacial score (nSPS) is 14.3. The Morgan fingerprint density at radius 3 is 2.51 bits per heavy atom. The number of aromatic hydroxyl groups is 1. The number of aromatic nitrogens is 4. The maximum Gasteiger partial charge on any atom is 0.338 e. The lowest BCUT2D eigenvalue weighted by atomic mass is 10.1. The fourth-order valence-corrected chi connectivity index (χ4v) is 4.92. The van der Waals surface area contributed by atoms with E-state index in [0.717, 1.165) is 35.7 Å². The molecular formula is C32H31N5O4. The van der Waals surface area contributed by atoms with Gasteiger partial charge < -0.3 is 19.5 Å². The molecule has 1 aliphatic heterocycles. The van der Waals surface area contributed by atoms with Crippen LogP contribution in [0.1, 0.15) is 42.5 Å². The van der Waals surface area contributed by atoms with Gasteiger partial charge in [0.15, 0.2) is 5.65 Å². The lowest BCUT2D eigenvalue weighted by Gasteiger charge is -2.28. The minimum Gasteiger partial charge on any atom is -0.507 e. The molecule has 5 aromatic rings. The Morgan fingerprint density at radius 1 is 1.00 bits per heavy atom. The Bertz CT molecular complexity index is 1760. The van der Waals surface area contributed by atoms with Crippen molar-refractivity contribution in [2.45, 2.75) is 26.4 Å². The molecule has 0 spiro atoms. The number of benzene rings is 2. The molecule has 41 heavy (non-hydrogen) atoms. The van der Waals surface area contributed by atoms with Gasteiger partial charge in [0, 0.05) is 30.1 Å². The van der Waals surface area contributed by atoms with Crippen LogP contribution in [0.3, 0.4) is 0 Å². The van der Waals surface area contributed by atoms with E-state index in [4.69, 9.17) is 14.5 Å². The highest BCUT2D eigenvalue weighted by Crippen LogP contribution is 2.32. The zero-order valence-electron chi connectivity index (χ0n) is 23.2. The molecule has 208 valence electrons. The van der Waals surface area contributed by atoms with Crippen LogP contribution in [0.25, 0.3) is 40.0 Å². The number of rotatable bonds is 5. The summed E-state index contributed by atoms with van der Waals surface area (Å²) < 4.78 is 12.9. The van der Waals surface area contributed by atoms with Gasteiger partial charge in [-0.15, -0.1) is 0 Å². The van der Waals surface area contributed by atoms with Crippen molar-refractivity contribution in [1.82, 2.24) is 19.6 Å². The molecule has 9 heteroatoms. The predicted molar refractivity (Wildman–Crippen MR) is 159 cm³/mol. The molecule has 1 N–H and O–H groups in total. The van der Waals surface area contributed by atoms with Crippen molar-refractivity contribution in [3.63, 3.8) is 0 Å².